The maximum atomic E-state index is 5.57. The lowest BCUT2D eigenvalue weighted by Crippen LogP contribution is -2.35. The fourth-order valence-electron chi connectivity index (χ4n) is 3.63. The first-order chi connectivity index (χ1) is 12.6. The monoisotopic (exact) mass is 356 g/mol. The van der Waals surface area contributed by atoms with Crippen molar-refractivity contribution in [2.24, 2.45) is 13.0 Å². The van der Waals surface area contributed by atoms with Crippen LogP contribution in [0.4, 0.5) is 0 Å². The van der Waals surface area contributed by atoms with E-state index < -0.39 is 0 Å². The second-order valence-corrected chi connectivity index (χ2v) is 7.12. The summed E-state index contributed by atoms with van der Waals surface area (Å²) in [5, 5.41) is 12.5. The van der Waals surface area contributed by atoms with Crippen molar-refractivity contribution in [3.05, 3.63) is 35.4 Å². The number of hydrogen-bond donors (Lipinski definition) is 0. The van der Waals surface area contributed by atoms with E-state index in [2.05, 4.69) is 25.3 Å². The van der Waals surface area contributed by atoms with E-state index in [0.29, 0.717) is 11.8 Å². The van der Waals surface area contributed by atoms with E-state index in [9.17, 15) is 0 Å². The first-order valence-electron chi connectivity index (χ1n) is 9.04. The average molecular weight is 356 g/mol. The summed E-state index contributed by atoms with van der Waals surface area (Å²) in [7, 11) is 1.93. The molecule has 0 bridgehead atoms. The molecule has 8 nitrogen and oxygen atoms in total. The Kier molecular flexibility index (Phi) is 4.58. The minimum atomic E-state index is 0.545. The van der Waals surface area contributed by atoms with E-state index in [0.717, 1.165) is 54.6 Å². The summed E-state index contributed by atoms with van der Waals surface area (Å²) in [6.45, 7) is 6.72. The molecule has 0 aromatic carbocycles. The molecule has 3 aromatic rings. The van der Waals surface area contributed by atoms with Crippen molar-refractivity contribution in [3.8, 4) is 11.3 Å². The predicted molar refractivity (Wildman–Crippen MR) is 94.2 cm³/mol. The van der Waals surface area contributed by atoms with E-state index in [1.165, 1.54) is 12.8 Å². The zero-order chi connectivity index (χ0) is 18.1. The SMILES string of the molecule is Cc1nc(CC2CCCN(Cc3cc(-c4cnn(C)c4C)no3)C2)no1. The maximum Gasteiger partial charge on any atom is 0.223 e. The number of hydrogen-bond acceptors (Lipinski definition) is 7. The van der Waals surface area contributed by atoms with Crippen molar-refractivity contribution in [2.75, 3.05) is 13.1 Å². The molecule has 1 fully saturated rings. The largest absolute Gasteiger partial charge is 0.359 e. The molecule has 3 aromatic heterocycles. The predicted octanol–water partition coefficient (Wildman–Crippen LogP) is 2.53. The van der Waals surface area contributed by atoms with Gasteiger partial charge in [0.25, 0.3) is 0 Å². The third kappa shape index (κ3) is 3.55. The van der Waals surface area contributed by atoms with E-state index in [1.54, 1.807) is 0 Å². The van der Waals surface area contributed by atoms with E-state index in [1.807, 2.05) is 37.8 Å². The summed E-state index contributed by atoms with van der Waals surface area (Å²) in [6, 6.07) is 2.02. The van der Waals surface area contributed by atoms with Crippen molar-refractivity contribution in [3.63, 3.8) is 0 Å². The Balaban J connectivity index is 1.38. The topological polar surface area (TPSA) is 86.0 Å². The first-order valence-corrected chi connectivity index (χ1v) is 9.04. The lowest BCUT2D eigenvalue weighted by Gasteiger charge is -2.31. The van der Waals surface area contributed by atoms with Gasteiger partial charge in [-0.3, -0.25) is 9.58 Å². The van der Waals surface area contributed by atoms with Crippen molar-refractivity contribution < 1.29 is 9.05 Å². The highest BCUT2D eigenvalue weighted by molar-refractivity contribution is 5.60. The van der Waals surface area contributed by atoms with Crippen LogP contribution >= 0.6 is 0 Å². The Morgan fingerprint density at radius 2 is 2.12 bits per heavy atom. The number of aryl methyl sites for hydroxylation is 2. The minimum Gasteiger partial charge on any atom is -0.359 e. The van der Waals surface area contributed by atoms with Crippen molar-refractivity contribution >= 4 is 0 Å². The Morgan fingerprint density at radius 1 is 1.23 bits per heavy atom. The quantitative estimate of drug-likeness (QED) is 0.694. The first kappa shape index (κ1) is 17.0. The molecule has 1 aliphatic rings. The van der Waals surface area contributed by atoms with Gasteiger partial charge in [-0.05, 0) is 32.2 Å². The van der Waals surface area contributed by atoms with Gasteiger partial charge in [0.15, 0.2) is 11.6 Å². The van der Waals surface area contributed by atoms with E-state index in [-0.39, 0.29) is 0 Å². The highest BCUT2D eigenvalue weighted by Crippen LogP contribution is 2.25. The van der Waals surface area contributed by atoms with Crippen LogP contribution in [0.25, 0.3) is 11.3 Å². The van der Waals surface area contributed by atoms with Crippen LogP contribution in [0.1, 0.15) is 36.0 Å². The van der Waals surface area contributed by atoms with Gasteiger partial charge in [-0.2, -0.15) is 10.1 Å². The van der Waals surface area contributed by atoms with Gasteiger partial charge in [0.1, 0.15) is 5.69 Å². The maximum absolute atomic E-state index is 5.57. The molecule has 4 heterocycles. The fraction of sp³-hybridized carbons (Fsp3) is 0.556. The Bertz CT molecular complexity index is 880. The second kappa shape index (κ2) is 7.03. The summed E-state index contributed by atoms with van der Waals surface area (Å²) >= 11 is 0. The van der Waals surface area contributed by atoms with Gasteiger partial charge in [0.2, 0.25) is 5.89 Å². The van der Waals surface area contributed by atoms with Crippen LogP contribution in [0.3, 0.4) is 0 Å². The number of aromatic nitrogens is 5. The smallest absolute Gasteiger partial charge is 0.223 e. The second-order valence-electron chi connectivity index (χ2n) is 7.12. The number of nitrogens with zero attached hydrogens (tertiary/aromatic N) is 6. The Morgan fingerprint density at radius 3 is 2.85 bits per heavy atom. The molecule has 0 spiro atoms. The molecule has 26 heavy (non-hydrogen) atoms. The van der Waals surface area contributed by atoms with Crippen molar-refractivity contribution in [2.45, 2.75) is 39.7 Å². The normalized spacial score (nSPS) is 18.5. The van der Waals surface area contributed by atoms with Crippen LogP contribution in [0.5, 0.6) is 0 Å². The van der Waals surface area contributed by atoms with Crippen LogP contribution in [-0.2, 0) is 20.0 Å². The van der Waals surface area contributed by atoms with Gasteiger partial charge in [-0.25, -0.2) is 0 Å². The molecule has 0 N–H and O–H groups in total. The molecule has 0 amide bonds. The molecule has 138 valence electrons. The summed E-state index contributed by atoms with van der Waals surface area (Å²) in [5.41, 5.74) is 2.95. The minimum absolute atomic E-state index is 0.545. The van der Waals surface area contributed by atoms with Crippen LogP contribution in [0.15, 0.2) is 21.3 Å². The molecule has 1 unspecified atom stereocenters. The van der Waals surface area contributed by atoms with Gasteiger partial charge in [0, 0.05) is 44.3 Å². The van der Waals surface area contributed by atoms with E-state index >= 15 is 0 Å². The zero-order valence-electron chi connectivity index (χ0n) is 15.5. The van der Waals surface area contributed by atoms with Crippen LogP contribution in [-0.4, -0.2) is 43.1 Å². The Hall–Kier alpha value is -2.48. The van der Waals surface area contributed by atoms with Gasteiger partial charge in [-0.15, -0.1) is 0 Å². The molecule has 1 saturated heterocycles. The molecular formula is C18H24N6O2. The molecule has 0 aliphatic carbocycles. The molecule has 0 radical (unpaired) electrons. The van der Waals surface area contributed by atoms with Gasteiger partial charge >= 0.3 is 0 Å². The van der Waals surface area contributed by atoms with Gasteiger partial charge < -0.3 is 9.05 Å². The average Bonchev–Trinajstić information content (AvgIpc) is 3.31. The zero-order valence-corrected chi connectivity index (χ0v) is 15.5. The van der Waals surface area contributed by atoms with Crippen LogP contribution < -0.4 is 0 Å². The van der Waals surface area contributed by atoms with Gasteiger partial charge in [0.05, 0.1) is 12.7 Å². The summed E-state index contributed by atoms with van der Waals surface area (Å²) in [6.07, 6.45) is 5.07. The highest BCUT2D eigenvalue weighted by Gasteiger charge is 2.23. The molecule has 8 heteroatoms. The number of piperidine rings is 1. The van der Waals surface area contributed by atoms with Crippen molar-refractivity contribution in [1.82, 2.24) is 30.0 Å². The molecule has 1 atom stereocenters. The lowest BCUT2D eigenvalue weighted by atomic mass is 9.94. The van der Waals surface area contributed by atoms with E-state index in [4.69, 9.17) is 9.05 Å². The number of rotatable bonds is 5. The fourth-order valence-corrected chi connectivity index (χ4v) is 3.63. The third-order valence-corrected chi connectivity index (χ3v) is 5.09. The highest BCUT2D eigenvalue weighted by atomic mass is 16.5. The summed E-state index contributed by atoms with van der Waals surface area (Å²) < 4.78 is 12.5. The standard InChI is InChI=1S/C18H24N6O2/c1-12-16(9-19-23(12)3)17-8-15(26-21-17)11-24-6-4-5-14(10-24)7-18-20-13(2)25-22-18/h8-9,14H,4-7,10-11H2,1-3H3. The lowest BCUT2D eigenvalue weighted by molar-refractivity contribution is 0.151. The summed E-state index contributed by atoms with van der Waals surface area (Å²) in [5.74, 6) is 2.87. The van der Waals surface area contributed by atoms with Crippen LogP contribution in [0.2, 0.25) is 0 Å². The molecule has 0 saturated carbocycles. The van der Waals surface area contributed by atoms with Gasteiger partial charge in [-0.1, -0.05) is 10.3 Å². The number of likely N-dealkylation sites (tertiary alicyclic amines) is 1. The molecular weight excluding hydrogens is 332 g/mol. The van der Waals surface area contributed by atoms with Crippen molar-refractivity contribution in [1.29, 1.82) is 0 Å². The molecule has 1 aliphatic heterocycles. The third-order valence-electron chi connectivity index (χ3n) is 5.09. The molecule has 4 rings (SSSR count). The Labute approximate surface area is 152 Å². The summed E-state index contributed by atoms with van der Waals surface area (Å²) in [4.78, 5) is 6.75. The van der Waals surface area contributed by atoms with Crippen LogP contribution in [0, 0.1) is 19.8 Å².